The molecule has 0 spiro atoms. The maximum atomic E-state index is 12.3. The van der Waals surface area contributed by atoms with Gasteiger partial charge in [0.1, 0.15) is 5.69 Å². The van der Waals surface area contributed by atoms with E-state index >= 15 is 0 Å². The topological polar surface area (TPSA) is 73.3 Å². The normalized spacial score (nSPS) is 11.2. The van der Waals surface area contributed by atoms with Gasteiger partial charge in [0.25, 0.3) is 5.91 Å². The van der Waals surface area contributed by atoms with Crippen molar-refractivity contribution in [3.63, 3.8) is 0 Å². The fourth-order valence-electron chi connectivity index (χ4n) is 2.43. The van der Waals surface area contributed by atoms with E-state index in [-0.39, 0.29) is 17.7 Å². The molecule has 1 N–H and O–H groups in total. The predicted molar refractivity (Wildman–Crippen MR) is 92.1 cm³/mol. The number of alkyl halides is 3. The minimum Gasteiger partial charge on any atom is -0.481 e. The van der Waals surface area contributed by atoms with Crippen molar-refractivity contribution < 1.29 is 27.4 Å². The van der Waals surface area contributed by atoms with E-state index in [0.717, 1.165) is 5.56 Å². The van der Waals surface area contributed by atoms with Gasteiger partial charge in [-0.05, 0) is 37.6 Å². The van der Waals surface area contributed by atoms with E-state index in [1.807, 2.05) is 13.0 Å². The molecule has 0 aliphatic carbocycles. The van der Waals surface area contributed by atoms with E-state index in [9.17, 15) is 18.0 Å². The van der Waals surface area contributed by atoms with E-state index in [0.29, 0.717) is 29.9 Å². The van der Waals surface area contributed by atoms with Gasteiger partial charge in [0.15, 0.2) is 6.61 Å². The van der Waals surface area contributed by atoms with Crippen molar-refractivity contribution >= 4 is 5.91 Å². The number of amides is 1. The van der Waals surface area contributed by atoms with Crippen LogP contribution in [0.15, 0.2) is 24.3 Å². The minimum atomic E-state index is -4.45. The summed E-state index contributed by atoms with van der Waals surface area (Å²) in [5.74, 6) is -0.297. The Morgan fingerprint density at radius 1 is 1.22 bits per heavy atom. The molecule has 0 fully saturated rings. The number of nitrogens with one attached hydrogen (secondary N) is 1. The second kappa shape index (κ2) is 8.70. The summed E-state index contributed by atoms with van der Waals surface area (Å²) >= 11 is 0. The molecule has 2 heterocycles. The lowest BCUT2D eigenvalue weighted by atomic mass is 10.0. The van der Waals surface area contributed by atoms with Crippen molar-refractivity contribution in [3.05, 3.63) is 46.8 Å². The molecule has 0 saturated heterocycles. The average molecular weight is 383 g/mol. The number of rotatable bonds is 7. The second-order valence-electron chi connectivity index (χ2n) is 5.76. The first-order chi connectivity index (χ1) is 12.7. The maximum absolute atomic E-state index is 12.3. The van der Waals surface area contributed by atoms with Crippen LogP contribution in [-0.2, 0) is 6.42 Å². The van der Waals surface area contributed by atoms with Crippen molar-refractivity contribution in [2.45, 2.75) is 26.4 Å². The molecule has 0 aromatic carbocycles. The minimum absolute atomic E-state index is 0.156. The molecule has 2 aromatic heterocycles. The molecule has 6 nitrogen and oxygen atoms in total. The number of carbonyl (C=O) groups excluding carboxylic acids is 1. The Morgan fingerprint density at radius 2 is 1.96 bits per heavy atom. The van der Waals surface area contributed by atoms with Crippen molar-refractivity contribution in [3.8, 4) is 11.8 Å². The highest BCUT2D eigenvalue weighted by Gasteiger charge is 2.28. The molecule has 146 valence electrons. The third-order valence-corrected chi connectivity index (χ3v) is 3.47. The summed E-state index contributed by atoms with van der Waals surface area (Å²) in [7, 11) is 1.37. The van der Waals surface area contributed by atoms with Crippen molar-refractivity contribution in [2.24, 2.45) is 0 Å². The van der Waals surface area contributed by atoms with Crippen LogP contribution in [0.25, 0.3) is 0 Å². The summed E-state index contributed by atoms with van der Waals surface area (Å²) in [6.07, 6.45) is -4.08. The Hall–Kier alpha value is -2.84. The van der Waals surface area contributed by atoms with Gasteiger partial charge in [-0.1, -0.05) is 0 Å². The van der Waals surface area contributed by atoms with Crippen LogP contribution in [0.5, 0.6) is 11.8 Å². The monoisotopic (exact) mass is 383 g/mol. The molecule has 9 heteroatoms. The highest BCUT2D eigenvalue weighted by molar-refractivity contribution is 5.92. The number of halogens is 3. The number of aryl methyl sites for hydroxylation is 1. The quantitative estimate of drug-likeness (QED) is 0.796. The predicted octanol–water partition coefficient (Wildman–Crippen LogP) is 3.08. The van der Waals surface area contributed by atoms with Crippen LogP contribution >= 0.6 is 0 Å². The van der Waals surface area contributed by atoms with Crippen LogP contribution in [0, 0.1) is 6.92 Å². The van der Waals surface area contributed by atoms with Crippen LogP contribution in [0.2, 0.25) is 0 Å². The second-order valence-corrected chi connectivity index (χ2v) is 5.76. The molecule has 0 aliphatic rings. The van der Waals surface area contributed by atoms with Gasteiger partial charge in [0, 0.05) is 30.3 Å². The molecule has 0 unspecified atom stereocenters. The van der Waals surface area contributed by atoms with Gasteiger partial charge in [-0.3, -0.25) is 4.79 Å². The number of hydrogen-bond donors (Lipinski definition) is 1. The Morgan fingerprint density at radius 3 is 2.59 bits per heavy atom. The summed E-state index contributed by atoms with van der Waals surface area (Å²) in [6, 6.07) is 6.41. The van der Waals surface area contributed by atoms with Crippen LogP contribution in [0.1, 0.15) is 34.2 Å². The summed E-state index contributed by atoms with van der Waals surface area (Å²) in [4.78, 5) is 20.2. The number of pyridine rings is 2. The molecule has 0 aliphatic heterocycles. The van der Waals surface area contributed by atoms with E-state index < -0.39 is 12.8 Å². The lowest BCUT2D eigenvalue weighted by Gasteiger charge is -2.12. The number of ether oxygens (including phenoxy) is 2. The van der Waals surface area contributed by atoms with Gasteiger partial charge in [-0.25, -0.2) is 4.98 Å². The number of nitrogens with zero attached hydrogens (tertiary/aromatic N) is 2. The first-order valence-corrected chi connectivity index (χ1v) is 8.21. The lowest BCUT2D eigenvalue weighted by Crippen LogP contribution is -2.24. The van der Waals surface area contributed by atoms with Gasteiger partial charge in [-0.15, -0.1) is 0 Å². The SMILES string of the molecule is CCNC(=O)c1cc(Cc2ccc(OCC(F)(F)F)nc2OC)cc(C)n1. The van der Waals surface area contributed by atoms with E-state index in [1.54, 1.807) is 19.1 Å². The van der Waals surface area contributed by atoms with Gasteiger partial charge in [0.05, 0.1) is 7.11 Å². The molecule has 2 aromatic rings. The van der Waals surface area contributed by atoms with Gasteiger partial charge in [0.2, 0.25) is 11.8 Å². The maximum Gasteiger partial charge on any atom is 0.422 e. The summed E-state index contributed by atoms with van der Waals surface area (Å²) < 4.78 is 46.6. The zero-order valence-electron chi connectivity index (χ0n) is 15.2. The number of aromatic nitrogens is 2. The van der Waals surface area contributed by atoms with Gasteiger partial charge in [-0.2, -0.15) is 18.2 Å². The Bertz CT molecular complexity index is 810. The van der Waals surface area contributed by atoms with Crippen molar-refractivity contribution in [2.75, 3.05) is 20.3 Å². The summed E-state index contributed by atoms with van der Waals surface area (Å²) in [6.45, 7) is 2.65. The molecular formula is C18H20F3N3O3. The average Bonchev–Trinajstić information content (AvgIpc) is 2.60. The van der Waals surface area contributed by atoms with Gasteiger partial charge >= 0.3 is 6.18 Å². The van der Waals surface area contributed by atoms with Crippen molar-refractivity contribution in [1.82, 2.24) is 15.3 Å². The zero-order valence-corrected chi connectivity index (χ0v) is 15.2. The van der Waals surface area contributed by atoms with Crippen molar-refractivity contribution in [1.29, 1.82) is 0 Å². The third kappa shape index (κ3) is 6.12. The summed E-state index contributed by atoms with van der Waals surface area (Å²) in [5.41, 5.74) is 2.41. The van der Waals surface area contributed by atoms with E-state index in [4.69, 9.17) is 4.74 Å². The highest BCUT2D eigenvalue weighted by Crippen LogP contribution is 2.24. The first-order valence-electron chi connectivity index (χ1n) is 8.21. The molecule has 0 radical (unpaired) electrons. The molecule has 1 amide bonds. The molecule has 0 bridgehead atoms. The first kappa shape index (κ1) is 20.5. The van der Waals surface area contributed by atoms with Gasteiger partial charge < -0.3 is 14.8 Å². The number of methoxy groups -OCH3 is 1. The molecule has 2 rings (SSSR count). The highest BCUT2D eigenvalue weighted by atomic mass is 19.4. The molecule has 0 atom stereocenters. The van der Waals surface area contributed by atoms with E-state index in [2.05, 4.69) is 20.0 Å². The standard InChI is InChI=1S/C18H20F3N3O3/c1-4-22-16(25)14-9-12(7-11(2)23-14)8-13-5-6-15(24-17(13)26-3)27-10-18(19,20)21/h5-7,9H,4,8,10H2,1-3H3,(H,22,25). The Labute approximate surface area is 154 Å². The molecular weight excluding hydrogens is 363 g/mol. The lowest BCUT2D eigenvalue weighted by molar-refractivity contribution is -0.154. The zero-order chi connectivity index (χ0) is 20.0. The Balaban J connectivity index is 2.22. The van der Waals surface area contributed by atoms with Crippen LogP contribution < -0.4 is 14.8 Å². The largest absolute Gasteiger partial charge is 0.481 e. The van der Waals surface area contributed by atoms with Crippen LogP contribution in [0.4, 0.5) is 13.2 Å². The fraction of sp³-hybridized carbons (Fsp3) is 0.389. The molecule has 0 saturated carbocycles. The van der Waals surface area contributed by atoms with E-state index in [1.165, 1.54) is 13.2 Å². The fourth-order valence-corrected chi connectivity index (χ4v) is 2.43. The third-order valence-electron chi connectivity index (χ3n) is 3.47. The Kier molecular flexibility index (Phi) is 6.59. The van der Waals surface area contributed by atoms with Crippen LogP contribution in [-0.4, -0.2) is 42.3 Å². The number of carbonyl (C=O) groups is 1. The molecule has 27 heavy (non-hydrogen) atoms. The smallest absolute Gasteiger partial charge is 0.422 e. The summed E-state index contributed by atoms with van der Waals surface area (Å²) in [5, 5.41) is 2.69. The van der Waals surface area contributed by atoms with Crippen LogP contribution in [0.3, 0.4) is 0 Å². The number of hydrogen-bond acceptors (Lipinski definition) is 5.